The van der Waals surface area contributed by atoms with Crippen molar-refractivity contribution in [1.29, 1.82) is 0 Å². The van der Waals surface area contributed by atoms with Crippen molar-refractivity contribution in [2.75, 3.05) is 6.61 Å². The number of aryl methyl sites for hydroxylation is 2. The van der Waals surface area contributed by atoms with Crippen LogP contribution in [0.1, 0.15) is 46.9 Å². The van der Waals surface area contributed by atoms with Gasteiger partial charge >= 0.3 is 0 Å². The van der Waals surface area contributed by atoms with Gasteiger partial charge in [0.15, 0.2) is 5.65 Å². The molecule has 0 aliphatic heterocycles. The Morgan fingerprint density at radius 2 is 2.21 bits per heavy atom. The Hall–Kier alpha value is -2.21. The lowest BCUT2D eigenvalue weighted by Gasteiger charge is -2.14. The number of aliphatic hydroxyl groups excluding tert-OH is 1. The zero-order valence-corrected chi connectivity index (χ0v) is 14.0. The highest BCUT2D eigenvalue weighted by atomic mass is 16.3. The van der Waals surface area contributed by atoms with E-state index in [-0.39, 0.29) is 24.5 Å². The molecule has 6 nitrogen and oxygen atoms in total. The molecule has 1 saturated carbocycles. The summed E-state index contributed by atoms with van der Waals surface area (Å²) in [4.78, 5) is 17.6. The molecule has 1 fully saturated rings. The van der Waals surface area contributed by atoms with Crippen molar-refractivity contribution in [3.8, 4) is 0 Å². The van der Waals surface area contributed by atoms with Gasteiger partial charge in [0.2, 0.25) is 0 Å². The first-order valence-electron chi connectivity index (χ1n) is 8.51. The van der Waals surface area contributed by atoms with E-state index >= 15 is 0 Å². The van der Waals surface area contributed by atoms with Crippen molar-refractivity contribution in [2.45, 2.75) is 38.1 Å². The Morgan fingerprint density at radius 3 is 2.88 bits per heavy atom. The maximum atomic E-state index is 12.9. The third kappa shape index (κ3) is 2.60. The van der Waals surface area contributed by atoms with Crippen LogP contribution in [-0.4, -0.2) is 38.4 Å². The zero-order valence-electron chi connectivity index (χ0n) is 14.0. The van der Waals surface area contributed by atoms with E-state index in [1.165, 1.54) is 0 Å². The molecule has 0 radical (unpaired) electrons. The Kier molecular flexibility index (Phi) is 3.64. The maximum absolute atomic E-state index is 12.9. The Balaban J connectivity index is 1.69. The minimum Gasteiger partial charge on any atom is -0.396 e. The number of aromatic nitrogens is 3. The monoisotopic (exact) mass is 326 g/mol. The van der Waals surface area contributed by atoms with E-state index in [9.17, 15) is 9.90 Å². The third-order valence-corrected chi connectivity index (χ3v) is 4.95. The molecule has 2 aliphatic rings. The van der Waals surface area contributed by atoms with Gasteiger partial charge in [-0.3, -0.25) is 9.48 Å². The summed E-state index contributed by atoms with van der Waals surface area (Å²) in [6.45, 7) is 2.03. The predicted octanol–water partition coefficient (Wildman–Crippen LogP) is 1.82. The average Bonchev–Trinajstić information content (AvgIpc) is 3.26. The van der Waals surface area contributed by atoms with E-state index in [0.29, 0.717) is 11.5 Å². The number of aliphatic hydroxyl groups is 1. The lowest BCUT2D eigenvalue weighted by Crippen LogP contribution is -2.33. The van der Waals surface area contributed by atoms with E-state index in [1.54, 1.807) is 4.68 Å². The van der Waals surface area contributed by atoms with Crippen LogP contribution in [0, 0.1) is 12.8 Å². The predicted molar refractivity (Wildman–Crippen MR) is 90.8 cm³/mol. The fourth-order valence-electron chi connectivity index (χ4n) is 3.49. The first kappa shape index (κ1) is 15.3. The fraction of sp³-hybridized carbons (Fsp3) is 0.500. The Bertz CT molecular complexity index is 835. The molecular weight excluding hydrogens is 304 g/mol. The van der Waals surface area contributed by atoms with Crippen LogP contribution >= 0.6 is 0 Å². The lowest BCUT2D eigenvalue weighted by atomic mass is 10.1. The summed E-state index contributed by atoms with van der Waals surface area (Å²) >= 11 is 0. The van der Waals surface area contributed by atoms with Crippen LogP contribution in [0.25, 0.3) is 11.0 Å². The number of pyridine rings is 1. The second kappa shape index (κ2) is 5.70. The summed E-state index contributed by atoms with van der Waals surface area (Å²) in [6, 6.07) is 1.91. The Morgan fingerprint density at radius 1 is 1.42 bits per heavy atom. The normalized spacial score (nSPS) is 23.1. The van der Waals surface area contributed by atoms with E-state index in [0.717, 1.165) is 41.7 Å². The quantitative estimate of drug-likeness (QED) is 0.840. The molecule has 0 unspecified atom stereocenters. The smallest absolute Gasteiger partial charge is 0.252 e. The van der Waals surface area contributed by atoms with Crippen LogP contribution in [-0.2, 0) is 7.05 Å². The van der Waals surface area contributed by atoms with Gasteiger partial charge in [-0.25, -0.2) is 4.98 Å². The van der Waals surface area contributed by atoms with Crippen molar-refractivity contribution < 1.29 is 9.90 Å². The topological polar surface area (TPSA) is 80.0 Å². The van der Waals surface area contributed by atoms with E-state index in [4.69, 9.17) is 4.98 Å². The molecule has 2 N–H and O–H groups in total. The Labute approximate surface area is 140 Å². The molecule has 2 atom stereocenters. The van der Waals surface area contributed by atoms with Crippen molar-refractivity contribution >= 4 is 16.9 Å². The summed E-state index contributed by atoms with van der Waals surface area (Å²) in [6.07, 6.45) is 6.96. The van der Waals surface area contributed by atoms with Crippen LogP contribution in [0.15, 0.2) is 18.2 Å². The van der Waals surface area contributed by atoms with Crippen LogP contribution in [0.3, 0.4) is 0 Å². The third-order valence-electron chi connectivity index (χ3n) is 4.95. The highest BCUT2D eigenvalue weighted by Crippen LogP contribution is 2.40. The number of carbonyl (C=O) groups excluding carboxylic acids is 1. The van der Waals surface area contributed by atoms with Crippen molar-refractivity contribution in [3.05, 3.63) is 35.2 Å². The van der Waals surface area contributed by atoms with Crippen LogP contribution in [0.4, 0.5) is 0 Å². The molecule has 2 heterocycles. The number of nitrogens with one attached hydrogen (secondary N) is 1. The van der Waals surface area contributed by atoms with Gasteiger partial charge in [0.05, 0.1) is 16.6 Å². The van der Waals surface area contributed by atoms with Crippen molar-refractivity contribution in [3.63, 3.8) is 0 Å². The summed E-state index contributed by atoms with van der Waals surface area (Å²) in [5.74, 6) is 0.518. The molecule has 0 saturated heterocycles. The van der Waals surface area contributed by atoms with Gasteiger partial charge in [0.25, 0.3) is 5.91 Å². The molecule has 6 heteroatoms. The number of hydrogen-bond acceptors (Lipinski definition) is 4. The average molecular weight is 326 g/mol. The van der Waals surface area contributed by atoms with E-state index in [1.807, 2.05) is 32.2 Å². The van der Waals surface area contributed by atoms with Crippen molar-refractivity contribution in [2.24, 2.45) is 13.0 Å². The first-order chi connectivity index (χ1) is 11.6. The van der Waals surface area contributed by atoms with E-state index in [2.05, 4.69) is 10.4 Å². The molecule has 0 bridgehead atoms. The number of amides is 1. The largest absolute Gasteiger partial charge is 0.396 e. The minimum atomic E-state index is -0.0892. The second-order valence-corrected chi connectivity index (χ2v) is 6.92. The molecule has 2 aliphatic carbocycles. The van der Waals surface area contributed by atoms with Crippen LogP contribution in [0.5, 0.6) is 0 Å². The lowest BCUT2D eigenvalue weighted by molar-refractivity contribution is 0.0942. The van der Waals surface area contributed by atoms with Gasteiger partial charge in [-0.1, -0.05) is 12.2 Å². The number of rotatable bonds is 4. The molecule has 126 valence electrons. The number of fused-ring (bicyclic) bond motifs is 1. The maximum Gasteiger partial charge on any atom is 0.252 e. The van der Waals surface area contributed by atoms with Crippen molar-refractivity contribution in [1.82, 2.24) is 20.1 Å². The van der Waals surface area contributed by atoms with Gasteiger partial charge < -0.3 is 10.4 Å². The summed E-state index contributed by atoms with van der Waals surface area (Å²) in [7, 11) is 1.87. The summed E-state index contributed by atoms with van der Waals surface area (Å²) in [5.41, 5.74) is 3.25. The first-order valence-corrected chi connectivity index (χ1v) is 8.51. The molecule has 4 rings (SSSR count). The van der Waals surface area contributed by atoms with Gasteiger partial charge in [-0.15, -0.1) is 0 Å². The standard InChI is InChI=1S/C18H22N4O2/c1-10-16-14(18(24)19-13-6-3-11(7-13)9-23)8-15(12-4-5-12)20-17(16)22(2)21-10/h3,6,8,11-13,23H,4-5,7,9H2,1-2H3,(H,19,24)/t11-,13+/m0/s1. The van der Waals surface area contributed by atoms with Crippen LogP contribution < -0.4 is 5.32 Å². The van der Waals surface area contributed by atoms with E-state index < -0.39 is 0 Å². The van der Waals surface area contributed by atoms with Gasteiger partial charge in [0.1, 0.15) is 0 Å². The molecule has 2 aromatic heterocycles. The molecular formula is C18H22N4O2. The SMILES string of the molecule is Cc1nn(C)c2nc(C3CC3)cc(C(=O)N[C@@H]3C=C[C@H](CO)C3)c12. The summed E-state index contributed by atoms with van der Waals surface area (Å²) in [5, 5.41) is 17.6. The number of carbonyl (C=O) groups is 1. The van der Waals surface area contributed by atoms with Gasteiger partial charge in [-0.2, -0.15) is 5.10 Å². The number of hydrogen-bond donors (Lipinski definition) is 2. The highest BCUT2D eigenvalue weighted by molar-refractivity contribution is 6.06. The fourth-order valence-corrected chi connectivity index (χ4v) is 3.49. The molecule has 2 aromatic rings. The number of nitrogens with zero attached hydrogens (tertiary/aromatic N) is 3. The van der Waals surface area contributed by atoms with Crippen LogP contribution in [0.2, 0.25) is 0 Å². The zero-order chi connectivity index (χ0) is 16.8. The molecule has 0 aromatic carbocycles. The molecule has 1 amide bonds. The van der Waals surface area contributed by atoms with Gasteiger partial charge in [0, 0.05) is 37.2 Å². The molecule has 24 heavy (non-hydrogen) atoms. The van der Waals surface area contributed by atoms with Gasteiger partial charge in [-0.05, 0) is 32.3 Å². The second-order valence-electron chi connectivity index (χ2n) is 6.92. The minimum absolute atomic E-state index is 0.0285. The molecule has 0 spiro atoms. The highest BCUT2D eigenvalue weighted by Gasteiger charge is 2.29. The summed E-state index contributed by atoms with van der Waals surface area (Å²) < 4.78 is 1.75.